The molecular formula is C15H24Cl2N2O2. The van der Waals surface area contributed by atoms with E-state index < -0.39 is 6.10 Å². The highest BCUT2D eigenvalue weighted by Gasteiger charge is 2.16. The molecule has 0 aliphatic heterocycles. The first kappa shape index (κ1) is 20.0. The van der Waals surface area contributed by atoms with Gasteiger partial charge < -0.3 is 15.4 Å². The average molecular weight is 335 g/mol. The Bertz CT molecular complexity index is 455. The molecule has 0 spiro atoms. The van der Waals surface area contributed by atoms with Gasteiger partial charge in [0.25, 0.3) is 5.91 Å². The second-order valence-electron chi connectivity index (χ2n) is 4.90. The zero-order valence-corrected chi connectivity index (χ0v) is 14.5. The third-order valence-corrected chi connectivity index (χ3v) is 3.21. The van der Waals surface area contributed by atoms with E-state index >= 15 is 0 Å². The number of hydrogen-bond donors (Lipinski definition) is 2. The van der Waals surface area contributed by atoms with Crippen molar-refractivity contribution in [3.63, 3.8) is 0 Å². The minimum absolute atomic E-state index is 0. The molecule has 2 atom stereocenters. The molecule has 1 aromatic rings. The second kappa shape index (κ2) is 9.87. The van der Waals surface area contributed by atoms with E-state index in [1.807, 2.05) is 32.9 Å². The number of amides is 1. The smallest absolute Gasteiger partial charge is 0.260 e. The van der Waals surface area contributed by atoms with Gasteiger partial charge in [-0.25, -0.2) is 0 Å². The SMILES string of the molecule is CCN[C@H](C)CNC(=O)C(C)Oc1cc(C)ccc1Cl.Cl. The first-order valence-electron chi connectivity index (χ1n) is 6.88. The second-order valence-corrected chi connectivity index (χ2v) is 5.31. The summed E-state index contributed by atoms with van der Waals surface area (Å²) in [6, 6.07) is 5.73. The quantitative estimate of drug-likeness (QED) is 0.805. The summed E-state index contributed by atoms with van der Waals surface area (Å²) < 4.78 is 5.62. The van der Waals surface area contributed by atoms with Crippen molar-refractivity contribution in [3.8, 4) is 5.75 Å². The van der Waals surface area contributed by atoms with E-state index in [2.05, 4.69) is 10.6 Å². The Kier molecular flexibility index (Phi) is 9.42. The molecule has 0 fully saturated rings. The van der Waals surface area contributed by atoms with Gasteiger partial charge in [0.05, 0.1) is 5.02 Å². The molecule has 0 aliphatic rings. The van der Waals surface area contributed by atoms with Crippen molar-refractivity contribution in [2.45, 2.75) is 39.8 Å². The van der Waals surface area contributed by atoms with Crippen molar-refractivity contribution in [1.29, 1.82) is 0 Å². The van der Waals surface area contributed by atoms with Crippen molar-refractivity contribution in [3.05, 3.63) is 28.8 Å². The first-order chi connectivity index (χ1) is 9.43. The van der Waals surface area contributed by atoms with Gasteiger partial charge in [-0.3, -0.25) is 4.79 Å². The molecule has 0 aromatic heterocycles. The van der Waals surface area contributed by atoms with Gasteiger partial charge in [0.2, 0.25) is 0 Å². The van der Waals surface area contributed by atoms with Crippen LogP contribution in [0.4, 0.5) is 0 Å². The van der Waals surface area contributed by atoms with Crippen LogP contribution in [0.1, 0.15) is 26.3 Å². The lowest BCUT2D eigenvalue weighted by molar-refractivity contribution is -0.127. The standard InChI is InChI=1S/C15H23ClN2O2.ClH/c1-5-17-11(3)9-18-15(19)12(4)20-14-8-10(2)6-7-13(14)16;/h6-8,11-12,17H,5,9H2,1-4H3,(H,18,19);1H/t11-,12?;/m1./s1. The monoisotopic (exact) mass is 334 g/mol. The van der Waals surface area contributed by atoms with E-state index in [1.54, 1.807) is 13.0 Å². The van der Waals surface area contributed by atoms with Crippen LogP contribution in [0.15, 0.2) is 18.2 Å². The fraction of sp³-hybridized carbons (Fsp3) is 0.533. The third-order valence-electron chi connectivity index (χ3n) is 2.89. The Morgan fingerprint density at radius 2 is 2.05 bits per heavy atom. The number of benzene rings is 1. The summed E-state index contributed by atoms with van der Waals surface area (Å²) in [5, 5.41) is 6.59. The molecule has 4 nitrogen and oxygen atoms in total. The molecule has 1 rings (SSSR count). The highest BCUT2D eigenvalue weighted by Crippen LogP contribution is 2.26. The number of hydrogen-bond acceptors (Lipinski definition) is 3. The number of rotatable bonds is 7. The zero-order chi connectivity index (χ0) is 15.1. The molecule has 1 amide bonds. The predicted octanol–water partition coefficient (Wildman–Crippen LogP) is 2.95. The molecule has 21 heavy (non-hydrogen) atoms. The molecule has 0 saturated carbocycles. The molecule has 6 heteroatoms. The van der Waals surface area contributed by atoms with Gasteiger partial charge >= 0.3 is 0 Å². The van der Waals surface area contributed by atoms with E-state index in [4.69, 9.17) is 16.3 Å². The lowest BCUT2D eigenvalue weighted by Gasteiger charge is -2.18. The van der Waals surface area contributed by atoms with E-state index in [0.717, 1.165) is 12.1 Å². The molecule has 0 radical (unpaired) electrons. The number of aryl methyl sites for hydroxylation is 1. The number of carbonyl (C=O) groups excluding carboxylic acids is 1. The minimum atomic E-state index is -0.580. The van der Waals surface area contributed by atoms with Crippen LogP contribution in [0.5, 0.6) is 5.75 Å². The van der Waals surface area contributed by atoms with Crippen molar-refractivity contribution < 1.29 is 9.53 Å². The van der Waals surface area contributed by atoms with Crippen molar-refractivity contribution in [2.24, 2.45) is 0 Å². The van der Waals surface area contributed by atoms with E-state index in [1.165, 1.54) is 0 Å². The summed E-state index contributed by atoms with van der Waals surface area (Å²) >= 11 is 6.05. The molecular weight excluding hydrogens is 311 g/mol. The predicted molar refractivity (Wildman–Crippen MR) is 89.7 cm³/mol. The average Bonchev–Trinajstić information content (AvgIpc) is 2.40. The third kappa shape index (κ3) is 7.02. The molecule has 0 saturated heterocycles. The Hall–Kier alpha value is -0.970. The van der Waals surface area contributed by atoms with Gasteiger partial charge in [-0.05, 0) is 45.0 Å². The summed E-state index contributed by atoms with van der Waals surface area (Å²) in [6.45, 7) is 9.17. The summed E-state index contributed by atoms with van der Waals surface area (Å²) in [5.74, 6) is 0.390. The van der Waals surface area contributed by atoms with Gasteiger partial charge in [-0.1, -0.05) is 24.6 Å². The fourth-order valence-electron chi connectivity index (χ4n) is 1.76. The molecule has 0 bridgehead atoms. The molecule has 1 unspecified atom stereocenters. The van der Waals surface area contributed by atoms with Gasteiger partial charge in [0.15, 0.2) is 6.10 Å². The molecule has 0 heterocycles. The van der Waals surface area contributed by atoms with Crippen LogP contribution >= 0.6 is 24.0 Å². The molecule has 2 N–H and O–H groups in total. The summed E-state index contributed by atoms with van der Waals surface area (Å²) in [6.07, 6.45) is -0.580. The number of halogens is 2. The van der Waals surface area contributed by atoms with Gasteiger partial charge in [-0.2, -0.15) is 0 Å². The van der Waals surface area contributed by atoms with Crippen LogP contribution in [0, 0.1) is 6.92 Å². The van der Waals surface area contributed by atoms with Crippen LogP contribution in [0.3, 0.4) is 0 Å². The maximum Gasteiger partial charge on any atom is 0.260 e. The lowest BCUT2D eigenvalue weighted by atomic mass is 10.2. The van der Waals surface area contributed by atoms with Crippen molar-refractivity contribution in [1.82, 2.24) is 10.6 Å². The summed E-state index contributed by atoms with van der Waals surface area (Å²) in [7, 11) is 0. The fourth-order valence-corrected chi connectivity index (χ4v) is 1.93. The molecule has 0 aliphatic carbocycles. The number of ether oxygens (including phenoxy) is 1. The lowest BCUT2D eigenvalue weighted by Crippen LogP contribution is -2.43. The number of likely N-dealkylation sites (N-methyl/N-ethyl adjacent to an activating group) is 1. The summed E-state index contributed by atoms with van der Waals surface area (Å²) in [4.78, 5) is 11.9. The Morgan fingerprint density at radius 3 is 2.67 bits per heavy atom. The summed E-state index contributed by atoms with van der Waals surface area (Å²) in [5.41, 5.74) is 1.04. The van der Waals surface area contributed by atoms with Gasteiger partial charge in [-0.15, -0.1) is 12.4 Å². The minimum Gasteiger partial charge on any atom is -0.479 e. The van der Waals surface area contributed by atoms with Crippen LogP contribution in [0.2, 0.25) is 5.02 Å². The van der Waals surface area contributed by atoms with Crippen molar-refractivity contribution in [2.75, 3.05) is 13.1 Å². The first-order valence-corrected chi connectivity index (χ1v) is 7.25. The molecule has 120 valence electrons. The molecule has 1 aromatic carbocycles. The van der Waals surface area contributed by atoms with Crippen LogP contribution < -0.4 is 15.4 Å². The van der Waals surface area contributed by atoms with E-state index in [0.29, 0.717) is 17.3 Å². The highest BCUT2D eigenvalue weighted by atomic mass is 35.5. The Morgan fingerprint density at radius 1 is 1.38 bits per heavy atom. The van der Waals surface area contributed by atoms with Crippen molar-refractivity contribution >= 4 is 29.9 Å². The number of nitrogens with one attached hydrogen (secondary N) is 2. The number of carbonyl (C=O) groups is 1. The van der Waals surface area contributed by atoms with Crippen LogP contribution in [-0.4, -0.2) is 31.1 Å². The highest BCUT2D eigenvalue weighted by molar-refractivity contribution is 6.32. The topological polar surface area (TPSA) is 50.4 Å². The van der Waals surface area contributed by atoms with E-state index in [-0.39, 0.29) is 24.4 Å². The van der Waals surface area contributed by atoms with E-state index in [9.17, 15) is 4.79 Å². The maximum atomic E-state index is 11.9. The van der Waals surface area contributed by atoms with Gasteiger partial charge in [0.1, 0.15) is 5.75 Å². The van der Waals surface area contributed by atoms with Crippen LogP contribution in [0.25, 0.3) is 0 Å². The Balaban J connectivity index is 0.00000400. The largest absolute Gasteiger partial charge is 0.479 e. The normalized spacial score (nSPS) is 13.0. The van der Waals surface area contributed by atoms with Gasteiger partial charge in [0, 0.05) is 12.6 Å². The van der Waals surface area contributed by atoms with Crippen LogP contribution in [-0.2, 0) is 4.79 Å². The maximum absolute atomic E-state index is 11.9. The zero-order valence-electron chi connectivity index (χ0n) is 12.9. The Labute approximate surface area is 138 Å².